The van der Waals surface area contributed by atoms with Gasteiger partial charge in [-0.05, 0) is 37.8 Å². The predicted octanol–water partition coefficient (Wildman–Crippen LogP) is 3.95. The second-order valence-corrected chi connectivity index (χ2v) is 5.28. The minimum atomic E-state index is 0.781. The Hall–Kier alpha value is -1.64. The van der Waals surface area contributed by atoms with E-state index in [1.165, 1.54) is 48.9 Å². The summed E-state index contributed by atoms with van der Waals surface area (Å²) in [5, 5.41) is 1.19. The van der Waals surface area contributed by atoms with Crippen LogP contribution >= 0.6 is 0 Å². The minimum absolute atomic E-state index is 0.781. The van der Waals surface area contributed by atoms with Crippen molar-refractivity contribution >= 4 is 16.6 Å². The molecule has 1 aliphatic heterocycles. The molecule has 2 heterocycles. The van der Waals surface area contributed by atoms with Crippen molar-refractivity contribution in [3.05, 3.63) is 24.4 Å². The van der Waals surface area contributed by atoms with E-state index in [1.54, 1.807) is 0 Å². The van der Waals surface area contributed by atoms with Crippen LogP contribution in [-0.2, 0) is 0 Å². The van der Waals surface area contributed by atoms with E-state index in [0.29, 0.717) is 0 Å². The number of hydrogen-bond acceptors (Lipinski definition) is 2. The van der Waals surface area contributed by atoms with Gasteiger partial charge in [-0.1, -0.05) is 6.92 Å². The van der Waals surface area contributed by atoms with Gasteiger partial charge in [0.05, 0.1) is 12.1 Å². The molecule has 0 spiro atoms. The Labute approximate surface area is 114 Å². The van der Waals surface area contributed by atoms with E-state index in [4.69, 9.17) is 4.74 Å². The highest BCUT2D eigenvalue weighted by molar-refractivity contribution is 5.89. The summed E-state index contributed by atoms with van der Waals surface area (Å²) < 4.78 is 5.91. The Kier molecular flexibility index (Phi) is 3.62. The zero-order valence-electron chi connectivity index (χ0n) is 11.6. The Morgan fingerprint density at radius 2 is 2.05 bits per heavy atom. The van der Waals surface area contributed by atoms with Crippen LogP contribution in [0.25, 0.3) is 10.9 Å². The molecule has 0 aliphatic carbocycles. The standard InChI is InChI=1S/C16H22N2O/c1-2-10-19-16-12-13(18-8-4-3-5-9-18)11-15-14(16)6-7-17-15/h6-7,11-12,17H,2-5,8-10H2,1H3. The first kappa shape index (κ1) is 12.4. The smallest absolute Gasteiger partial charge is 0.130 e. The Morgan fingerprint density at radius 3 is 2.84 bits per heavy atom. The molecule has 1 fully saturated rings. The van der Waals surface area contributed by atoms with Gasteiger partial charge in [0.1, 0.15) is 5.75 Å². The number of ether oxygens (including phenoxy) is 1. The van der Waals surface area contributed by atoms with Crippen molar-refractivity contribution in [2.24, 2.45) is 0 Å². The van der Waals surface area contributed by atoms with Crippen molar-refractivity contribution in [1.82, 2.24) is 4.98 Å². The van der Waals surface area contributed by atoms with Gasteiger partial charge < -0.3 is 14.6 Å². The molecule has 1 N–H and O–H groups in total. The second kappa shape index (κ2) is 5.55. The van der Waals surface area contributed by atoms with Gasteiger partial charge in [0, 0.05) is 36.4 Å². The van der Waals surface area contributed by atoms with Gasteiger partial charge in [-0.15, -0.1) is 0 Å². The average Bonchev–Trinajstić information content (AvgIpc) is 2.94. The molecule has 0 atom stereocenters. The first-order chi connectivity index (χ1) is 9.38. The molecule has 3 nitrogen and oxygen atoms in total. The van der Waals surface area contributed by atoms with Crippen molar-refractivity contribution in [2.75, 3.05) is 24.6 Å². The van der Waals surface area contributed by atoms with Gasteiger partial charge in [-0.25, -0.2) is 0 Å². The first-order valence-electron chi connectivity index (χ1n) is 7.37. The summed E-state index contributed by atoms with van der Waals surface area (Å²) in [5.41, 5.74) is 2.47. The Morgan fingerprint density at radius 1 is 1.21 bits per heavy atom. The number of aromatic nitrogens is 1. The average molecular weight is 258 g/mol. The lowest BCUT2D eigenvalue weighted by atomic mass is 10.1. The summed E-state index contributed by atoms with van der Waals surface area (Å²) in [5.74, 6) is 1.01. The predicted molar refractivity (Wildman–Crippen MR) is 80.1 cm³/mol. The maximum Gasteiger partial charge on any atom is 0.130 e. The van der Waals surface area contributed by atoms with Crippen LogP contribution in [0.2, 0.25) is 0 Å². The lowest BCUT2D eigenvalue weighted by Crippen LogP contribution is -2.29. The number of hydrogen-bond donors (Lipinski definition) is 1. The van der Waals surface area contributed by atoms with E-state index >= 15 is 0 Å². The van der Waals surface area contributed by atoms with E-state index in [-0.39, 0.29) is 0 Å². The van der Waals surface area contributed by atoms with Crippen LogP contribution in [0.1, 0.15) is 32.6 Å². The van der Waals surface area contributed by atoms with E-state index in [1.807, 2.05) is 6.20 Å². The molecule has 1 aromatic heterocycles. The highest BCUT2D eigenvalue weighted by Gasteiger charge is 2.14. The molecule has 19 heavy (non-hydrogen) atoms. The number of piperidine rings is 1. The Bertz CT molecular complexity index is 541. The van der Waals surface area contributed by atoms with Crippen LogP contribution in [-0.4, -0.2) is 24.7 Å². The lowest BCUT2D eigenvalue weighted by Gasteiger charge is -2.29. The van der Waals surface area contributed by atoms with Gasteiger partial charge in [0.2, 0.25) is 0 Å². The number of benzene rings is 1. The number of H-pyrrole nitrogens is 1. The SMILES string of the molecule is CCCOc1cc(N2CCCCC2)cc2[nH]ccc12. The van der Waals surface area contributed by atoms with Gasteiger partial charge in [-0.3, -0.25) is 0 Å². The molecule has 1 aromatic carbocycles. The highest BCUT2D eigenvalue weighted by Crippen LogP contribution is 2.32. The van der Waals surface area contributed by atoms with Crippen LogP contribution in [0, 0.1) is 0 Å². The zero-order valence-corrected chi connectivity index (χ0v) is 11.6. The molecule has 2 aromatic rings. The number of fused-ring (bicyclic) bond motifs is 1. The largest absolute Gasteiger partial charge is 0.493 e. The van der Waals surface area contributed by atoms with Crippen LogP contribution < -0.4 is 9.64 Å². The third-order valence-electron chi connectivity index (χ3n) is 3.80. The van der Waals surface area contributed by atoms with Gasteiger partial charge in [0.15, 0.2) is 0 Å². The summed E-state index contributed by atoms with van der Waals surface area (Å²) in [6.07, 6.45) is 6.99. The maximum absolute atomic E-state index is 5.91. The van der Waals surface area contributed by atoms with E-state index < -0.39 is 0 Å². The number of rotatable bonds is 4. The third kappa shape index (κ3) is 2.55. The number of anilines is 1. The van der Waals surface area contributed by atoms with E-state index in [2.05, 4.69) is 35.0 Å². The van der Waals surface area contributed by atoms with Gasteiger partial charge in [-0.2, -0.15) is 0 Å². The van der Waals surface area contributed by atoms with Crippen molar-refractivity contribution in [3.8, 4) is 5.75 Å². The molecule has 0 bridgehead atoms. The normalized spacial score (nSPS) is 15.9. The summed E-state index contributed by atoms with van der Waals surface area (Å²) in [4.78, 5) is 5.78. The fourth-order valence-electron chi connectivity index (χ4n) is 2.78. The molecule has 0 unspecified atom stereocenters. The molecule has 102 valence electrons. The van der Waals surface area contributed by atoms with Gasteiger partial charge >= 0.3 is 0 Å². The van der Waals surface area contributed by atoms with Crippen molar-refractivity contribution < 1.29 is 4.74 Å². The third-order valence-corrected chi connectivity index (χ3v) is 3.80. The van der Waals surface area contributed by atoms with Gasteiger partial charge in [0.25, 0.3) is 0 Å². The molecule has 0 amide bonds. The molecule has 3 rings (SSSR count). The highest BCUT2D eigenvalue weighted by atomic mass is 16.5. The summed E-state index contributed by atoms with van der Waals surface area (Å²) in [7, 11) is 0. The van der Waals surface area contributed by atoms with Crippen molar-refractivity contribution in [2.45, 2.75) is 32.6 Å². The fourth-order valence-corrected chi connectivity index (χ4v) is 2.78. The number of nitrogens with zero attached hydrogens (tertiary/aromatic N) is 1. The van der Waals surface area contributed by atoms with E-state index in [0.717, 1.165) is 18.8 Å². The zero-order chi connectivity index (χ0) is 13.1. The van der Waals surface area contributed by atoms with Crippen LogP contribution in [0.5, 0.6) is 5.75 Å². The quantitative estimate of drug-likeness (QED) is 0.899. The first-order valence-corrected chi connectivity index (χ1v) is 7.37. The molecular weight excluding hydrogens is 236 g/mol. The van der Waals surface area contributed by atoms with Crippen molar-refractivity contribution in [1.29, 1.82) is 0 Å². The molecule has 1 aliphatic rings. The maximum atomic E-state index is 5.91. The lowest BCUT2D eigenvalue weighted by molar-refractivity contribution is 0.321. The molecule has 0 saturated carbocycles. The second-order valence-electron chi connectivity index (χ2n) is 5.28. The van der Waals surface area contributed by atoms with Crippen LogP contribution in [0.3, 0.4) is 0 Å². The fraction of sp³-hybridized carbons (Fsp3) is 0.500. The number of aromatic amines is 1. The molecular formula is C16H22N2O. The van der Waals surface area contributed by atoms with Crippen molar-refractivity contribution in [3.63, 3.8) is 0 Å². The summed E-state index contributed by atoms with van der Waals surface area (Å²) in [6, 6.07) is 6.55. The van der Waals surface area contributed by atoms with Crippen LogP contribution in [0.15, 0.2) is 24.4 Å². The van der Waals surface area contributed by atoms with E-state index in [9.17, 15) is 0 Å². The molecule has 0 radical (unpaired) electrons. The van der Waals surface area contributed by atoms with Crippen LogP contribution in [0.4, 0.5) is 5.69 Å². The molecule has 3 heteroatoms. The molecule has 1 saturated heterocycles. The summed E-state index contributed by atoms with van der Waals surface area (Å²) >= 11 is 0. The monoisotopic (exact) mass is 258 g/mol. The number of nitrogens with one attached hydrogen (secondary N) is 1. The Balaban J connectivity index is 1.95. The topological polar surface area (TPSA) is 28.3 Å². The summed E-state index contributed by atoms with van der Waals surface area (Å²) in [6.45, 7) is 5.26. The minimum Gasteiger partial charge on any atom is -0.493 e.